The number of fused-ring (bicyclic) bond motifs is 18. The molecular formula is C83H86O3. The van der Waals surface area contributed by atoms with Crippen LogP contribution in [0.4, 0.5) is 0 Å². The van der Waals surface area contributed by atoms with Crippen LogP contribution >= 0.6 is 0 Å². The Balaban J connectivity index is 0.000000132. The minimum absolute atomic E-state index is 0. The molecule has 3 nitrogen and oxygen atoms in total. The topological polar surface area (TPSA) is 27.7 Å². The molecule has 3 aliphatic rings. The van der Waals surface area contributed by atoms with Crippen molar-refractivity contribution in [3.63, 3.8) is 0 Å². The molecular weight excluding hydrogens is 1040 g/mol. The normalized spacial score (nSPS) is 12.8. The van der Waals surface area contributed by atoms with E-state index >= 15 is 0 Å². The Kier molecular flexibility index (Phi) is 16.4. The molecule has 0 N–H and O–H groups in total. The summed E-state index contributed by atoms with van der Waals surface area (Å²) in [6, 6.07) is 68.1. The lowest BCUT2D eigenvalue weighted by Gasteiger charge is -2.24. The summed E-state index contributed by atoms with van der Waals surface area (Å²) in [6.07, 6.45) is 0. The summed E-state index contributed by atoms with van der Waals surface area (Å²) < 4.78 is 18.8. The minimum Gasteiger partial charge on any atom is -0.488 e. The Hall–Kier alpha value is -8.40. The third-order valence-corrected chi connectivity index (χ3v) is 18.3. The second kappa shape index (κ2) is 23.8. The van der Waals surface area contributed by atoms with Crippen LogP contribution in [-0.4, -0.2) is 0 Å². The first-order chi connectivity index (χ1) is 40.5. The van der Waals surface area contributed by atoms with E-state index in [9.17, 15) is 0 Å². The van der Waals surface area contributed by atoms with Gasteiger partial charge in [-0.2, -0.15) is 0 Å². The molecule has 3 heterocycles. The van der Waals surface area contributed by atoms with Crippen LogP contribution in [0.25, 0.3) is 98.0 Å². The van der Waals surface area contributed by atoms with Crippen molar-refractivity contribution in [1.82, 2.24) is 0 Å². The quantitative estimate of drug-likeness (QED) is 0.166. The van der Waals surface area contributed by atoms with Gasteiger partial charge in [0, 0.05) is 33.2 Å². The van der Waals surface area contributed by atoms with Crippen molar-refractivity contribution < 1.29 is 14.2 Å². The highest BCUT2D eigenvalue weighted by Crippen LogP contribution is 2.47. The molecule has 0 atom stereocenters. The van der Waals surface area contributed by atoms with E-state index in [0.717, 1.165) is 17.2 Å². The average Bonchev–Trinajstić information content (AvgIpc) is 1.70. The fraction of sp³-hybridized carbons (Fsp3) is 0.277. The van der Waals surface area contributed by atoms with Gasteiger partial charge in [0.15, 0.2) is 0 Å². The van der Waals surface area contributed by atoms with Gasteiger partial charge in [-0.05, 0) is 187 Å². The molecule has 0 bridgehead atoms. The van der Waals surface area contributed by atoms with Crippen LogP contribution in [0.1, 0.15) is 184 Å². The Morgan fingerprint density at radius 2 is 0.558 bits per heavy atom. The van der Waals surface area contributed by atoms with Crippen molar-refractivity contribution in [3.8, 4) is 50.6 Å². The lowest BCUT2D eigenvalue weighted by atomic mass is 9.89. The maximum Gasteiger partial charge on any atom is 0.135 e. The molecule has 0 fully saturated rings. The van der Waals surface area contributed by atoms with E-state index in [0.29, 0.717) is 55.3 Å². The molecule has 436 valence electrons. The summed E-state index contributed by atoms with van der Waals surface area (Å²) in [7, 11) is 0. The average molecular weight is 1130 g/mol. The highest BCUT2D eigenvalue weighted by molar-refractivity contribution is 6.02. The molecule has 3 heteroatoms. The predicted octanol–water partition coefficient (Wildman–Crippen LogP) is 24.7. The van der Waals surface area contributed by atoms with Crippen LogP contribution in [0.3, 0.4) is 0 Å². The molecule has 0 aliphatic carbocycles. The van der Waals surface area contributed by atoms with Crippen molar-refractivity contribution >= 4 is 64.6 Å². The Labute approximate surface area is 512 Å². The standard InChI is InChI=1S/3C27H26O.2CH4/c1-16(2)18-5-9-22-20(13-18)7-11-24-25-12-8-21-14-19(17(3)4)6-10-23(21)27(25)28-15-26(22)24;1-16(2)18-5-7-20-12-25-24(11-22(20)9-18)15-28-27-14-23-10-19(17(3)4)6-8-21(23)13-26(25)27;1-16(2)18-5-6-20-13-25-24-10-8-21-11-19(17(3)4)7-9-23(21)26(24)15-28-27(25)14-22(20)12-18;;/h3*5-14,16-17H,15H2,1-4H3;2*1H4. The maximum absolute atomic E-state index is 6.35. The molecule has 0 radical (unpaired) electrons. The van der Waals surface area contributed by atoms with Gasteiger partial charge in [-0.1, -0.05) is 244 Å². The molecule has 12 aromatic carbocycles. The third kappa shape index (κ3) is 11.0. The number of hydrogen-bond donors (Lipinski definition) is 0. The van der Waals surface area contributed by atoms with Gasteiger partial charge in [-0.25, -0.2) is 0 Å². The maximum atomic E-state index is 6.35. The van der Waals surface area contributed by atoms with Gasteiger partial charge >= 0.3 is 0 Å². The predicted molar refractivity (Wildman–Crippen MR) is 372 cm³/mol. The van der Waals surface area contributed by atoms with E-state index in [1.54, 1.807) is 0 Å². The van der Waals surface area contributed by atoms with Gasteiger partial charge < -0.3 is 14.2 Å². The van der Waals surface area contributed by atoms with Gasteiger partial charge in [-0.3, -0.25) is 0 Å². The number of rotatable bonds is 6. The zero-order valence-electron chi connectivity index (χ0n) is 51.1. The smallest absolute Gasteiger partial charge is 0.135 e. The zero-order chi connectivity index (χ0) is 58.2. The Morgan fingerprint density at radius 3 is 1.00 bits per heavy atom. The monoisotopic (exact) mass is 1130 g/mol. The van der Waals surface area contributed by atoms with E-state index in [1.807, 2.05) is 0 Å². The molecule has 0 spiro atoms. The second-order valence-corrected chi connectivity index (χ2v) is 25.9. The molecule has 86 heavy (non-hydrogen) atoms. The van der Waals surface area contributed by atoms with Crippen molar-refractivity contribution in [1.29, 1.82) is 0 Å². The first-order valence-corrected chi connectivity index (χ1v) is 30.8. The fourth-order valence-corrected chi connectivity index (χ4v) is 12.9. The molecule has 3 aliphatic heterocycles. The molecule has 12 aromatic rings. The lowest BCUT2D eigenvalue weighted by molar-refractivity contribution is 0.303. The van der Waals surface area contributed by atoms with E-state index in [4.69, 9.17) is 14.2 Å². The molecule has 0 aromatic heterocycles. The molecule has 0 saturated carbocycles. The van der Waals surface area contributed by atoms with E-state index in [1.165, 1.54) is 148 Å². The summed E-state index contributed by atoms with van der Waals surface area (Å²) >= 11 is 0. The largest absolute Gasteiger partial charge is 0.488 e. The van der Waals surface area contributed by atoms with Crippen molar-refractivity contribution in [2.24, 2.45) is 0 Å². The van der Waals surface area contributed by atoms with E-state index in [-0.39, 0.29) is 14.9 Å². The van der Waals surface area contributed by atoms with Gasteiger partial charge in [0.1, 0.15) is 37.1 Å². The van der Waals surface area contributed by atoms with Gasteiger partial charge in [0.2, 0.25) is 0 Å². The van der Waals surface area contributed by atoms with Crippen LogP contribution < -0.4 is 14.2 Å². The van der Waals surface area contributed by atoms with Crippen molar-refractivity contribution in [3.05, 3.63) is 232 Å². The second-order valence-electron chi connectivity index (χ2n) is 25.9. The summed E-state index contributed by atoms with van der Waals surface area (Å²) in [5.41, 5.74) is 19.7. The van der Waals surface area contributed by atoms with E-state index in [2.05, 4.69) is 265 Å². The summed E-state index contributed by atoms with van der Waals surface area (Å²) in [5.74, 6) is 6.24. The van der Waals surface area contributed by atoms with Crippen LogP contribution in [0.5, 0.6) is 17.2 Å². The third-order valence-electron chi connectivity index (χ3n) is 18.3. The Bertz CT molecular complexity index is 4080. The van der Waals surface area contributed by atoms with Gasteiger partial charge in [0.05, 0.1) is 0 Å². The number of benzene rings is 12. The van der Waals surface area contributed by atoms with E-state index < -0.39 is 0 Å². The number of hydrogen-bond acceptors (Lipinski definition) is 3. The first-order valence-electron chi connectivity index (χ1n) is 30.8. The molecule has 0 unspecified atom stereocenters. The number of ether oxygens (including phenoxy) is 3. The molecule has 15 rings (SSSR count). The minimum atomic E-state index is 0. The Morgan fingerprint density at radius 1 is 0.244 bits per heavy atom. The fourth-order valence-electron chi connectivity index (χ4n) is 12.9. The van der Waals surface area contributed by atoms with Gasteiger partial charge in [-0.15, -0.1) is 0 Å². The highest BCUT2D eigenvalue weighted by Gasteiger charge is 2.25. The summed E-state index contributed by atoms with van der Waals surface area (Å²) in [5, 5.41) is 15.4. The summed E-state index contributed by atoms with van der Waals surface area (Å²) in [6.45, 7) is 28.8. The van der Waals surface area contributed by atoms with Crippen molar-refractivity contribution in [2.45, 2.75) is 153 Å². The highest BCUT2D eigenvalue weighted by atomic mass is 16.5. The molecule has 0 amide bonds. The van der Waals surface area contributed by atoms with Crippen molar-refractivity contribution in [2.75, 3.05) is 0 Å². The van der Waals surface area contributed by atoms with Gasteiger partial charge in [0.25, 0.3) is 0 Å². The first kappa shape index (κ1) is 59.3. The molecule has 0 saturated heterocycles. The van der Waals surface area contributed by atoms with Crippen LogP contribution in [-0.2, 0) is 19.8 Å². The van der Waals surface area contributed by atoms with Crippen LogP contribution in [0, 0.1) is 0 Å². The van der Waals surface area contributed by atoms with Crippen LogP contribution in [0.2, 0.25) is 0 Å². The summed E-state index contributed by atoms with van der Waals surface area (Å²) in [4.78, 5) is 0. The lowest BCUT2D eigenvalue weighted by Crippen LogP contribution is -2.07. The zero-order valence-corrected chi connectivity index (χ0v) is 51.1. The SMILES string of the molecule is C.C.CC(C)c1ccc2c3c(ccc2c1)-c1ccc2cc(C(C)C)ccc2c1OC3.CC(C)c1ccc2cc3c(cc2c1)COc1cc2cc(C(C)C)ccc2cc1-3.CC(C)c1ccc2cc3c(cc2c1)OCc1c-3ccc2cc(C(C)C)ccc12. The van der Waals surface area contributed by atoms with Crippen LogP contribution in [0.15, 0.2) is 182 Å².